The Kier molecular flexibility index (Phi) is 2.84. The van der Waals surface area contributed by atoms with Crippen LogP contribution in [0.5, 0.6) is 5.75 Å². The van der Waals surface area contributed by atoms with Gasteiger partial charge in [0.25, 0.3) is 0 Å². The molecule has 0 amide bonds. The SMILES string of the molecule is O=c1ccocc1OC1CCNCC1. The molecule has 1 N–H and O–H groups in total. The molecule has 1 aliphatic heterocycles. The molecule has 0 aliphatic carbocycles. The summed E-state index contributed by atoms with van der Waals surface area (Å²) in [5.74, 6) is 0.319. The van der Waals surface area contributed by atoms with Gasteiger partial charge in [-0.1, -0.05) is 0 Å². The molecule has 0 spiro atoms. The lowest BCUT2D eigenvalue weighted by atomic mass is 10.1. The average molecular weight is 195 g/mol. The first-order chi connectivity index (χ1) is 6.86. The molecule has 1 saturated heterocycles. The highest BCUT2D eigenvalue weighted by molar-refractivity contribution is 5.14. The van der Waals surface area contributed by atoms with E-state index in [-0.39, 0.29) is 11.5 Å². The van der Waals surface area contributed by atoms with Crippen LogP contribution in [0, 0.1) is 0 Å². The Labute approximate surface area is 81.9 Å². The van der Waals surface area contributed by atoms with Crippen LogP contribution in [0.1, 0.15) is 12.8 Å². The smallest absolute Gasteiger partial charge is 0.226 e. The molecule has 1 aliphatic rings. The first-order valence-electron chi connectivity index (χ1n) is 4.80. The normalized spacial score (nSPS) is 18.0. The van der Waals surface area contributed by atoms with Crippen molar-refractivity contribution >= 4 is 0 Å². The summed E-state index contributed by atoms with van der Waals surface area (Å²) in [5.41, 5.74) is -0.116. The van der Waals surface area contributed by atoms with Crippen LogP contribution in [0.2, 0.25) is 0 Å². The molecular weight excluding hydrogens is 182 g/mol. The van der Waals surface area contributed by atoms with Crippen LogP contribution in [-0.4, -0.2) is 19.2 Å². The highest BCUT2D eigenvalue weighted by Crippen LogP contribution is 2.11. The summed E-state index contributed by atoms with van der Waals surface area (Å²) in [4.78, 5) is 11.3. The van der Waals surface area contributed by atoms with Gasteiger partial charge in [-0.05, 0) is 25.9 Å². The maximum Gasteiger partial charge on any atom is 0.226 e. The van der Waals surface area contributed by atoms with Crippen LogP contribution < -0.4 is 15.5 Å². The van der Waals surface area contributed by atoms with Gasteiger partial charge in [0.05, 0.1) is 6.26 Å². The molecule has 0 radical (unpaired) electrons. The molecular formula is C10H13NO3. The molecule has 4 heteroatoms. The summed E-state index contributed by atoms with van der Waals surface area (Å²) in [6.45, 7) is 1.89. The van der Waals surface area contributed by atoms with Gasteiger partial charge in [-0.15, -0.1) is 0 Å². The van der Waals surface area contributed by atoms with E-state index in [1.807, 2.05) is 0 Å². The number of hydrogen-bond acceptors (Lipinski definition) is 4. The van der Waals surface area contributed by atoms with Crippen molar-refractivity contribution in [2.45, 2.75) is 18.9 Å². The van der Waals surface area contributed by atoms with Crippen molar-refractivity contribution in [1.82, 2.24) is 5.32 Å². The molecule has 76 valence electrons. The van der Waals surface area contributed by atoms with E-state index < -0.39 is 0 Å². The highest BCUT2D eigenvalue weighted by atomic mass is 16.5. The van der Waals surface area contributed by atoms with E-state index in [0.717, 1.165) is 25.9 Å². The number of ether oxygens (including phenoxy) is 1. The van der Waals surface area contributed by atoms with E-state index in [1.54, 1.807) is 0 Å². The number of nitrogens with one attached hydrogen (secondary N) is 1. The molecule has 4 nitrogen and oxygen atoms in total. The second kappa shape index (κ2) is 4.28. The third-order valence-corrected chi connectivity index (χ3v) is 2.30. The monoisotopic (exact) mass is 195 g/mol. The Bertz CT molecular complexity index is 341. The van der Waals surface area contributed by atoms with E-state index in [2.05, 4.69) is 5.32 Å². The zero-order valence-electron chi connectivity index (χ0n) is 7.86. The molecule has 0 unspecified atom stereocenters. The summed E-state index contributed by atoms with van der Waals surface area (Å²) < 4.78 is 10.4. The third kappa shape index (κ3) is 2.14. The molecule has 1 aromatic heterocycles. The van der Waals surface area contributed by atoms with Crippen molar-refractivity contribution < 1.29 is 9.15 Å². The third-order valence-electron chi connectivity index (χ3n) is 2.30. The predicted molar refractivity (Wildman–Crippen MR) is 51.5 cm³/mol. The van der Waals surface area contributed by atoms with Gasteiger partial charge in [0, 0.05) is 6.07 Å². The molecule has 1 aromatic rings. The van der Waals surface area contributed by atoms with E-state index in [1.165, 1.54) is 18.6 Å². The lowest BCUT2D eigenvalue weighted by molar-refractivity contribution is 0.157. The van der Waals surface area contributed by atoms with Crippen molar-refractivity contribution in [1.29, 1.82) is 0 Å². The molecule has 2 heterocycles. The first-order valence-corrected chi connectivity index (χ1v) is 4.80. The fourth-order valence-electron chi connectivity index (χ4n) is 1.52. The van der Waals surface area contributed by atoms with Gasteiger partial charge < -0.3 is 14.5 Å². The molecule has 0 atom stereocenters. The Morgan fingerprint density at radius 3 is 2.93 bits per heavy atom. The summed E-state index contributed by atoms with van der Waals surface area (Å²) in [7, 11) is 0. The van der Waals surface area contributed by atoms with Crippen LogP contribution in [-0.2, 0) is 0 Å². The predicted octanol–water partition coefficient (Wildman–Crippen LogP) is 0.771. The van der Waals surface area contributed by atoms with Crippen molar-refractivity contribution in [3.8, 4) is 5.75 Å². The van der Waals surface area contributed by atoms with Gasteiger partial charge in [-0.2, -0.15) is 0 Å². The fourth-order valence-corrected chi connectivity index (χ4v) is 1.52. The summed E-state index contributed by atoms with van der Waals surface area (Å²) >= 11 is 0. The van der Waals surface area contributed by atoms with Gasteiger partial charge in [-0.25, -0.2) is 0 Å². The molecule has 1 fully saturated rings. The molecule has 2 rings (SSSR count). The zero-order chi connectivity index (χ0) is 9.80. The van der Waals surface area contributed by atoms with Crippen molar-refractivity contribution in [3.63, 3.8) is 0 Å². The minimum absolute atomic E-state index is 0.116. The van der Waals surface area contributed by atoms with Crippen LogP contribution in [0.15, 0.2) is 27.8 Å². The zero-order valence-corrected chi connectivity index (χ0v) is 7.86. The number of hydrogen-bond donors (Lipinski definition) is 1. The van der Waals surface area contributed by atoms with Crippen LogP contribution >= 0.6 is 0 Å². The van der Waals surface area contributed by atoms with Gasteiger partial charge >= 0.3 is 0 Å². The van der Waals surface area contributed by atoms with Gasteiger partial charge in [0.15, 0.2) is 0 Å². The van der Waals surface area contributed by atoms with Gasteiger partial charge in [-0.3, -0.25) is 4.79 Å². The number of rotatable bonds is 2. The van der Waals surface area contributed by atoms with E-state index in [9.17, 15) is 4.79 Å². The lowest BCUT2D eigenvalue weighted by Crippen LogP contribution is -2.34. The van der Waals surface area contributed by atoms with Gasteiger partial charge in [0.1, 0.15) is 12.4 Å². The van der Waals surface area contributed by atoms with E-state index >= 15 is 0 Å². The maximum absolute atomic E-state index is 11.3. The molecule has 0 bridgehead atoms. The van der Waals surface area contributed by atoms with Crippen molar-refractivity contribution in [3.05, 3.63) is 28.8 Å². The Morgan fingerprint density at radius 2 is 2.21 bits per heavy atom. The van der Waals surface area contributed by atoms with Crippen LogP contribution in [0.3, 0.4) is 0 Å². The summed E-state index contributed by atoms with van der Waals surface area (Å²) in [6.07, 6.45) is 4.74. The fraction of sp³-hybridized carbons (Fsp3) is 0.500. The largest absolute Gasteiger partial charge is 0.483 e. The van der Waals surface area contributed by atoms with E-state index in [0.29, 0.717) is 5.75 Å². The first kappa shape index (κ1) is 9.27. The van der Waals surface area contributed by atoms with Crippen molar-refractivity contribution in [2.24, 2.45) is 0 Å². The standard InChI is InChI=1S/C10H13NO3/c12-9-3-6-13-7-10(9)14-8-1-4-11-5-2-8/h3,6-8,11H,1-2,4-5H2. The minimum atomic E-state index is -0.116. The van der Waals surface area contributed by atoms with E-state index in [4.69, 9.17) is 9.15 Å². The second-order valence-electron chi connectivity index (χ2n) is 3.35. The Morgan fingerprint density at radius 1 is 1.43 bits per heavy atom. The molecule has 0 saturated carbocycles. The average Bonchev–Trinajstić information content (AvgIpc) is 2.23. The maximum atomic E-state index is 11.3. The lowest BCUT2D eigenvalue weighted by Gasteiger charge is -2.22. The van der Waals surface area contributed by atoms with Gasteiger partial charge in [0.2, 0.25) is 11.2 Å². The second-order valence-corrected chi connectivity index (χ2v) is 3.35. The number of piperidine rings is 1. The van der Waals surface area contributed by atoms with Crippen LogP contribution in [0.4, 0.5) is 0 Å². The highest BCUT2D eigenvalue weighted by Gasteiger charge is 2.15. The van der Waals surface area contributed by atoms with Crippen LogP contribution in [0.25, 0.3) is 0 Å². The Hall–Kier alpha value is -1.29. The summed E-state index contributed by atoms with van der Waals surface area (Å²) in [6, 6.07) is 1.37. The summed E-state index contributed by atoms with van der Waals surface area (Å²) in [5, 5.41) is 3.23. The molecule has 14 heavy (non-hydrogen) atoms. The molecule has 0 aromatic carbocycles. The minimum Gasteiger partial charge on any atom is -0.483 e. The van der Waals surface area contributed by atoms with Crippen molar-refractivity contribution in [2.75, 3.05) is 13.1 Å². The Balaban J connectivity index is 2.03. The quantitative estimate of drug-likeness (QED) is 0.757. The topological polar surface area (TPSA) is 51.5 Å².